The van der Waals surface area contributed by atoms with Gasteiger partial charge in [0, 0.05) is 24.2 Å². The Morgan fingerprint density at radius 1 is 1.44 bits per heavy atom. The zero-order chi connectivity index (χ0) is 12.0. The van der Waals surface area contributed by atoms with Gasteiger partial charge in [0.2, 0.25) is 0 Å². The molecule has 0 saturated carbocycles. The van der Waals surface area contributed by atoms with Gasteiger partial charge in [-0.05, 0) is 24.3 Å². The van der Waals surface area contributed by atoms with Crippen LogP contribution in [0.5, 0.6) is 0 Å². The maximum Gasteiger partial charge on any atom is 0.251 e. The lowest BCUT2D eigenvalue weighted by Crippen LogP contribution is -2.31. The van der Waals surface area contributed by atoms with Crippen LogP contribution in [0.1, 0.15) is 10.4 Å². The van der Waals surface area contributed by atoms with Crippen LogP contribution < -0.4 is 5.32 Å². The van der Waals surface area contributed by atoms with Crippen molar-refractivity contribution in [3.63, 3.8) is 0 Å². The third-order valence-electron chi connectivity index (χ3n) is 1.94. The molecule has 1 rings (SSSR count). The van der Waals surface area contributed by atoms with Crippen molar-refractivity contribution in [2.45, 2.75) is 5.38 Å². The van der Waals surface area contributed by atoms with Gasteiger partial charge in [-0.1, -0.05) is 11.6 Å². The molecule has 1 unspecified atom stereocenters. The van der Waals surface area contributed by atoms with Crippen molar-refractivity contribution >= 4 is 29.1 Å². The second-order valence-electron chi connectivity index (χ2n) is 3.27. The summed E-state index contributed by atoms with van der Waals surface area (Å²) < 4.78 is 4.86. The first-order valence-corrected chi connectivity index (χ1v) is 5.61. The number of methoxy groups -OCH3 is 1. The van der Waals surface area contributed by atoms with E-state index in [1.807, 2.05) is 0 Å². The minimum absolute atomic E-state index is 0.168. The Bertz CT molecular complexity index is 340. The van der Waals surface area contributed by atoms with Gasteiger partial charge < -0.3 is 10.1 Å². The van der Waals surface area contributed by atoms with Crippen LogP contribution in [0.4, 0.5) is 0 Å². The van der Waals surface area contributed by atoms with Crippen LogP contribution in [0.2, 0.25) is 5.02 Å². The molecule has 0 aliphatic heterocycles. The molecule has 3 nitrogen and oxygen atoms in total. The second-order valence-corrected chi connectivity index (χ2v) is 4.32. The number of hydrogen-bond donors (Lipinski definition) is 1. The predicted molar refractivity (Wildman–Crippen MR) is 65.3 cm³/mol. The molecule has 1 aromatic carbocycles. The van der Waals surface area contributed by atoms with Gasteiger partial charge in [-0.3, -0.25) is 4.79 Å². The SMILES string of the molecule is COCC(Cl)CNC(=O)c1ccc(Cl)cc1. The highest BCUT2D eigenvalue weighted by atomic mass is 35.5. The van der Waals surface area contributed by atoms with Gasteiger partial charge in [0.1, 0.15) is 0 Å². The first kappa shape index (κ1) is 13.3. The maximum absolute atomic E-state index is 11.6. The first-order valence-electron chi connectivity index (χ1n) is 4.80. The van der Waals surface area contributed by atoms with Crippen molar-refractivity contribution in [3.05, 3.63) is 34.9 Å². The summed E-state index contributed by atoms with van der Waals surface area (Å²) in [7, 11) is 1.57. The Hall–Kier alpha value is -0.770. The molecule has 0 saturated heterocycles. The second kappa shape index (κ2) is 6.74. The molecular formula is C11H13Cl2NO2. The predicted octanol–water partition coefficient (Wildman–Crippen LogP) is 2.32. The molecule has 0 fully saturated rings. The Balaban J connectivity index is 2.43. The van der Waals surface area contributed by atoms with Crippen molar-refractivity contribution in [2.24, 2.45) is 0 Å². The molecule has 5 heteroatoms. The van der Waals surface area contributed by atoms with Crippen LogP contribution >= 0.6 is 23.2 Å². The summed E-state index contributed by atoms with van der Waals surface area (Å²) in [6.07, 6.45) is 0. The normalized spacial score (nSPS) is 12.2. The van der Waals surface area contributed by atoms with Gasteiger partial charge in [0.25, 0.3) is 5.91 Å². The highest BCUT2D eigenvalue weighted by Gasteiger charge is 2.08. The minimum atomic E-state index is -0.221. The van der Waals surface area contributed by atoms with E-state index < -0.39 is 0 Å². The molecule has 0 heterocycles. The third-order valence-corrected chi connectivity index (χ3v) is 2.47. The van der Waals surface area contributed by atoms with Crippen LogP contribution in [0.15, 0.2) is 24.3 Å². The number of nitrogens with one attached hydrogen (secondary N) is 1. The van der Waals surface area contributed by atoms with Crippen molar-refractivity contribution < 1.29 is 9.53 Å². The number of halogens is 2. The molecule has 0 aromatic heterocycles. The largest absolute Gasteiger partial charge is 0.383 e. The van der Waals surface area contributed by atoms with Gasteiger partial charge >= 0.3 is 0 Å². The number of alkyl halides is 1. The van der Waals surface area contributed by atoms with E-state index in [1.165, 1.54) is 0 Å². The maximum atomic E-state index is 11.6. The summed E-state index contributed by atoms with van der Waals surface area (Å²) in [6, 6.07) is 6.67. The van der Waals surface area contributed by atoms with E-state index in [-0.39, 0.29) is 11.3 Å². The Morgan fingerprint density at radius 2 is 2.06 bits per heavy atom. The first-order chi connectivity index (χ1) is 7.63. The smallest absolute Gasteiger partial charge is 0.251 e. The Kier molecular flexibility index (Phi) is 5.60. The Morgan fingerprint density at radius 3 is 2.62 bits per heavy atom. The number of carbonyl (C=O) groups is 1. The topological polar surface area (TPSA) is 38.3 Å². The third kappa shape index (κ3) is 4.39. The molecule has 1 atom stereocenters. The van der Waals surface area contributed by atoms with Crippen LogP contribution in [0, 0.1) is 0 Å². The zero-order valence-corrected chi connectivity index (χ0v) is 10.4. The summed E-state index contributed by atoms with van der Waals surface area (Å²) >= 11 is 11.6. The van der Waals surface area contributed by atoms with Gasteiger partial charge in [-0.2, -0.15) is 0 Å². The Labute approximate surface area is 105 Å². The van der Waals surface area contributed by atoms with Gasteiger partial charge in [0.15, 0.2) is 0 Å². The average molecular weight is 262 g/mol. The summed E-state index contributed by atoms with van der Waals surface area (Å²) in [4.78, 5) is 11.6. The van der Waals surface area contributed by atoms with E-state index in [9.17, 15) is 4.79 Å². The lowest BCUT2D eigenvalue weighted by molar-refractivity contribution is 0.0949. The van der Waals surface area contributed by atoms with Gasteiger partial charge in [0.05, 0.1) is 12.0 Å². The number of hydrogen-bond acceptors (Lipinski definition) is 2. The lowest BCUT2D eigenvalue weighted by Gasteiger charge is -2.09. The number of carbonyl (C=O) groups excluding carboxylic acids is 1. The number of amides is 1. The van der Waals surface area contributed by atoms with Crippen LogP contribution in [-0.2, 0) is 4.74 Å². The number of ether oxygens (including phenoxy) is 1. The van der Waals surface area contributed by atoms with E-state index in [4.69, 9.17) is 27.9 Å². The van der Waals surface area contributed by atoms with Gasteiger partial charge in [-0.15, -0.1) is 11.6 Å². The van der Waals surface area contributed by atoms with E-state index in [2.05, 4.69) is 5.32 Å². The van der Waals surface area contributed by atoms with E-state index in [1.54, 1.807) is 31.4 Å². The molecule has 88 valence electrons. The lowest BCUT2D eigenvalue weighted by atomic mass is 10.2. The molecule has 1 amide bonds. The highest BCUT2D eigenvalue weighted by molar-refractivity contribution is 6.30. The molecule has 0 aliphatic rings. The zero-order valence-electron chi connectivity index (χ0n) is 8.87. The molecule has 0 radical (unpaired) electrons. The quantitative estimate of drug-likeness (QED) is 0.827. The van der Waals surface area contributed by atoms with E-state index in [0.29, 0.717) is 23.7 Å². The molecule has 1 N–H and O–H groups in total. The molecule has 0 aliphatic carbocycles. The summed E-state index contributed by atoms with van der Waals surface area (Å²) in [6.45, 7) is 0.777. The van der Waals surface area contributed by atoms with Crippen molar-refractivity contribution in [1.82, 2.24) is 5.32 Å². The van der Waals surface area contributed by atoms with Crippen molar-refractivity contribution in [1.29, 1.82) is 0 Å². The molecule has 0 bridgehead atoms. The van der Waals surface area contributed by atoms with Crippen LogP contribution in [0.25, 0.3) is 0 Å². The summed E-state index contributed by atoms with van der Waals surface area (Å²) in [5.74, 6) is -0.168. The van der Waals surface area contributed by atoms with Crippen LogP contribution in [0.3, 0.4) is 0 Å². The molecule has 1 aromatic rings. The molecule has 0 spiro atoms. The monoisotopic (exact) mass is 261 g/mol. The average Bonchev–Trinajstić information content (AvgIpc) is 2.27. The number of benzene rings is 1. The highest BCUT2D eigenvalue weighted by Crippen LogP contribution is 2.09. The van der Waals surface area contributed by atoms with Crippen LogP contribution in [-0.4, -0.2) is 31.5 Å². The van der Waals surface area contributed by atoms with Crippen molar-refractivity contribution in [2.75, 3.05) is 20.3 Å². The summed E-state index contributed by atoms with van der Waals surface area (Å²) in [5.41, 5.74) is 0.561. The van der Waals surface area contributed by atoms with Crippen molar-refractivity contribution in [3.8, 4) is 0 Å². The fourth-order valence-corrected chi connectivity index (χ4v) is 1.48. The minimum Gasteiger partial charge on any atom is -0.383 e. The van der Waals surface area contributed by atoms with Gasteiger partial charge in [-0.25, -0.2) is 0 Å². The fraction of sp³-hybridized carbons (Fsp3) is 0.364. The van der Waals surface area contributed by atoms with E-state index in [0.717, 1.165) is 0 Å². The molecule has 16 heavy (non-hydrogen) atoms. The summed E-state index contributed by atoms with van der Waals surface area (Å²) in [5, 5.41) is 3.09. The van der Waals surface area contributed by atoms with E-state index >= 15 is 0 Å². The molecular weight excluding hydrogens is 249 g/mol. The fourth-order valence-electron chi connectivity index (χ4n) is 1.15. The standard InChI is InChI=1S/C11H13Cl2NO2/c1-16-7-10(13)6-14-11(15)8-2-4-9(12)5-3-8/h2-5,10H,6-7H2,1H3,(H,14,15). The number of rotatable bonds is 5.